The molecule has 18 heavy (non-hydrogen) atoms. The van der Waals surface area contributed by atoms with Crippen molar-refractivity contribution >= 4 is 5.91 Å². The van der Waals surface area contributed by atoms with E-state index in [2.05, 4.69) is 5.32 Å². The van der Waals surface area contributed by atoms with Crippen LogP contribution < -0.4 is 5.32 Å². The number of hydrogen-bond donors (Lipinski definition) is 1. The van der Waals surface area contributed by atoms with E-state index in [0.717, 1.165) is 0 Å². The van der Waals surface area contributed by atoms with Gasteiger partial charge in [0.25, 0.3) is 5.91 Å². The van der Waals surface area contributed by atoms with Gasteiger partial charge < -0.3 is 5.32 Å². The van der Waals surface area contributed by atoms with E-state index >= 15 is 0 Å². The lowest BCUT2D eigenvalue weighted by Crippen LogP contribution is -2.34. The number of nitrogens with zero attached hydrogens (tertiary/aromatic N) is 1. The van der Waals surface area contributed by atoms with Gasteiger partial charge in [-0.05, 0) is 12.5 Å². The van der Waals surface area contributed by atoms with Crippen molar-refractivity contribution in [2.45, 2.75) is 25.8 Å². The molecule has 6 heteroatoms. The van der Waals surface area contributed by atoms with Gasteiger partial charge in [-0.2, -0.15) is 5.26 Å². The van der Waals surface area contributed by atoms with Gasteiger partial charge in [0.2, 0.25) is 0 Å². The Hall–Kier alpha value is -2.03. The number of carbonyl (C=O) groups excluding carboxylic acids is 1. The zero-order valence-electron chi connectivity index (χ0n) is 9.64. The molecule has 1 aromatic rings. The average molecular weight is 256 g/mol. The summed E-state index contributed by atoms with van der Waals surface area (Å²) >= 11 is 0. The Morgan fingerprint density at radius 2 is 1.94 bits per heavy atom. The molecule has 1 atom stereocenters. The topological polar surface area (TPSA) is 52.9 Å². The standard InChI is InChI=1S/C12H11F3N2O/c1-2-7(3-4-16)17-12(18)8-5-10(14)11(15)6-9(8)13/h5-7H,2-3H2,1H3,(H,17,18)/t7-/m0/s1. The maximum absolute atomic E-state index is 13.3. The molecule has 0 unspecified atom stereocenters. The molecule has 96 valence electrons. The minimum Gasteiger partial charge on any atom is -0.348 e. The fourth-order valence-electron chi connectivity index (χ4n) is 1.37. The number of nitriles is 1. The fraction of sp³-hybridized carbons (Fsp3) is 0.333. The SMILES string of the molecule is CC[C@@H](CC#N)NC(=O)c1cc(F)c(F)cc1F. The van der Waals surface area contributed by atoms with Crippen LogP contribution in [0.2, 0.25) is 0 Å². The largest absolute Gasteiger partial charge is 0.348 e. The van der Waals surface area contributed by atoms with Crippen molar-refractivity contribution in [3.05, 3.63) is 35.1 Å². The Labute approximate surface area is 102 Å². The molecule has 0 spiro atoms. The normalized spacial score (nSPS) is 11.7. The highest BCUT2D eigenvalue weighted by Crippen LogP contribution is 2.14. The van der Waals surface area contributed by atoms with Crippen LogP contribution in [0, 0.1) is 28.8 Å². The zero-order valence-corrected chi connectivity index (χ0v) is 9.64. The van der Waals surface area contributed by atoms with E-state index in [0.29, 0.717) is 18.6 Å². The fourth-order valence-corrected chi connectivity index (χ4v) is 1.37. The van der Waals surface area contributed by atoms with Crippen LogP contribution in [0.1, 0.15) is 30.1 Å². The van der Waals surface area contributed by atoms with Crippen molar-refractivity contribution in [1.82, 2.24) is 5.32 Å². The summed E-state index contributed by atoms with van der Waals surface area (Å²) in [5.74, 6) is -4.66. The van der Waals surface area contributed by atoms with Gasteiger partial charge in [-0.3, -0.25) is 4.79 Å². The Morgan fingerprint density at radius 3 is 2.50 bits per heavy atom. The van der Waals surface area contributed by atoms with Crippen molar-refractivity contribution in [3.63, 3.8) is 0 Å². The molecule has 0 aliphatic rings. The smallest absolute Gasteiger partial charge is 0.254 e. The molecule has 0 saturated heterocycles. The van der Waals surface area contributed by atoms with Gasteiger partial charge in [-0.1, -0.05) is 6.92 Å². The molecule has 0 heterocycles. The van der Waals surface area contributed by atoms with E-state index in [1.54, 1.807) is 6.92 Å². The molecule has 0 radical (unpaired) electrons. The quantitative estimate of drug-likeness (QED) is 0.841. The Kier molecular flexibility index (Phi) is 4.72. The predicted octanol–water partition coefficient (Wildman–Crippen LogP) is 2.53. The van der Waals surface area contributed by atoms with Crippen molar-refractivity contribution in [2.24, 2.45) is 0 Å². The molecule has 1 rings (SSSR count). The van der Waals surface area contributed by atoms with Gasteiger partial charge in [-0.25, -0.2) is 13.2 Å². The third-order valence-corrected chi connectivity index (χ3v) is 2.42. The third-order valence-electron chi connectivity index (χ3n) is 2.42. The van der Waals surface area contributed by atoms with E-state index < -0.39 is 35.0 Å². The van der Waals surface area contributed by atoms with Crippen LogP contribution in [0.25, 0.3) is 0 Å². The summed E-state index contributed by atoms with van der Waals surface area (Å²) in [6.07, 6.45) is 0.540. The number of carbonyl (C=O) groups is 1. The highest BCUT2D eigenvalue weighted by atomic mass is 19.2. The van der Waals surface area contributed by atoms with Crippen LogP contribution in [0.15, 0.2) is 12.1 Å². The van der Waals surface area contributed by atoms with E-state index in [9.17, 15) is 18.0 Å². The summed E-state index contributed by atoms with van der Waals surface area (Å²) in [5.41, 5.74) is -0.578. The molecule has 0 aliphatic carbocycles. The van der Waals surface area contributed by atoms with Crippen LogP contribution >= 0.6 is 0 Å². The molecular weight excluding hydrogens is 245 g/mol. The van der Waals surface area contributed by atoms with Crippen LogP contribution in [-0.2, 0) is 0 Å². The number of amides is 1. The van der Waals surface area contributed by atoms with Crippen molar-refractivity contribution in [3.8, 4) is 6.07 Å². The molecule has 1 N–H and O–H groups in total. The first kappa shape index (κ1) is 14.0. The average Bonchev–Trinajstić information content (AvgIpc) is 2.33. The first-order valence-corrected chi connectivity index (χ1v) is 5.32. The van der Waals surface area contributed by atoms with Crippen LogP contribution in [0.4, 0.5) is 13.2 Å². The minimum absolute atomic E-state index is 0.0630. The van der Waals surface area contributed by atoms with Gasteiger partial charge in [0.15, 0.2) is 11.6 Å². The number of hydrogen-bond acceptors (Lipinski definition) is 2. The number of nitrogens with one attached hydrogen (secondary N) is 1. The van der Waals surface area contributed by atoms with Gasteiger partial charge in [0, 0.05) is 12.1 Å². The second-order valence-electron chi connectivity index (χ2n) is 3.69. The minimum atomic E-state index is -1.35. The molecule has 1 aromatic carbocycles. The Morgan fingerprint density at radius 1 is 1.33 bits per heavy atom. The van der Waals surface area contributed by atoms with Gasteiger partial charge in [-0.15, -0.1) is 0 Å². The van der Waals surface area contributed by atoms with Crippen molar-refractivity contribution in [1.29, 1.82) is 5.26 Å². The molecule has 0 aliphatic heterocycles. The lowest BCUT2D eigenvalue weighted by molar-refractivity contribution is 0.0932. The third kappa shape index (κ3) is 3.23. The summed E-state index contributed by atoms with van der Waals surface area (Å²) in [6, 6.07) is 2.23. The molecule has 1 amide bonds. The summed E-state index contributed by atoms with van der Waals surface area (Å²) in [6.45, 7) is 1.74. The van der Waals surface area contributed by atoms with Gasteiger partial charge in [0.05, 0.1) is 18.1 Å². The van der Waals surface area contributed by atoms with E-state index in [4.69, 9.17) is 5.26 Å². The van der Waals surface area contributed by atoms with Crippen LogP contribution in [0.3, 0.4) is 0 Å². The molecule has 0 aromatic heterocycles. The van der Waals surface area contributed by atoms with E-state index in [1.165, 1.54) is 0 Å². The van der Waals surface area contributed by atoms with Crippen molar-refractivity contribution in [2.75, 3.05) is 0 Å². The summed E-state index contributed by atoms with van der Waals surface area (Å²) in [5, 5.41) is 10.9. The van der Waals surface area contributed by atoms with Crippen LogP contribution in [0.5, 0.6) is 0 Å². The lowest BCUT2D eigenvalue weighted by Gasteiger charge is -2.13. The molecule has 0 bridgehead atoms. The molecule has 0 saturated carbocycles. The van der Waals surface area contributed by atoms with Crippen LogP contribution in [-0.4, -0.2) is 11.9 Å². The highest BCUT2D eigenvalue weighted by Gasteiger charge is 2.18. The summed E-state index contributed by atoms with van der Waals surface area (Å²) in [7, 11) is 0. The Bertz CT molecular complexity index is 497. The summed E-state index contributed by atoms with van der Waals surface area (Å²) < 4.78 is 38.9. The second kappa shape index (κ2) is 6.05. The first-order valence-electron chi connectivity index (χ1n) is 5.32. The lowest BCUT2D eigenvalue weighted by atomic mass is 10.1. The zero-order chi connectivity index (χ0) is 13.7. The predicted molar refractivity (Wildman–Crippen MR) is 58.1 cm³/mol. The van der Waals surface area contributed by atoms with Crippen molar-refractivity contribution < 1.29 is 18.0 Å². The number of benzene rings is 1. The maximum Gasteiger partial charge on any atom is 0.254 e. The Balaban J connectivity index is 2.91. The molecular formula is C12H11F3N2O. The highest BCUT2D eigenvalue weighted by molar-refractivity contribution is 5.94. The van der Waals surface area contributed by atoms with Gasteiger partial charge in [0.1, 0.15) is 5.82 Å². The number of halogens is 3. The van der Waals surface area contributed by atoms with Gasteiger partial charge >= 0.3 is 0 Å². The van der Waals surface area contributed by atoms with E-state index in [1.807, 2.05) is 6.07 Å². The van der Waals surface area contributed by atoms with E-state index in [-0.39, 0.29) is 6.42 Å². The molecule has 3 nitrogen and oxygen atoms in total. The molecule has 0 fully saturated rings. The first-order chi connectivity index (χ1) is 8.49. The summed E-state index contributed by atoms with van der Waals surface area (Å²) in [4.78, 5) is 11.6. The number of rotatable bonds is 4. The second-order valence-corrected chi connectivity index (χ2v) is 3.69. The maximum atomic E-state index is 13.3. The monoisotopic (exact) mass is 256 g/mol.